The first-order chi connectivity index (χ1) is 4.97. The molecule has 1 heterocycles. The van der Waals surface area contributed by atoms with Crippen molar-refractivity contribution in [3.8, 4) is 5.75 Å². The Labute approximate surface area is 59.1 Å². The number of para-hydroxylation sites is 1. The molecule has 1 aliphatic heterocycles. The van der Waals surface area contributed by atoms with E-state index < -0.39 is 0 Å². The van der Waals surface area contributed by atoms with Crippen LogP contribution in [0.5, 0.6) is 5.75 Å². The Bertz CT molecular complexity index is 241. The fourth-order valence-electron chi connectivity index (χ4n) is 0.991. The third-order valence-corrected chi connectivity index (χ3v) is 1.51. The molecule has 10 heavy (non-hydrogen) atoms. The zero-order chi connectivity index (χ0) is 6.81. The van der Waals surface area contributed by atoms with Crippen LogP contribution in [-0.2, 0) is 6.42 Å². The molecule has 0 aromatic heterocycles. The lowest BCUT2D eigenvalue weighted by molar-refractivity contribution is 0.274. The maximum atomic E-state index is 4.99. The van der Waals surface area contributed by atoms with Crippen molar-refractivity contribution in [1.29, 1.82) is 0 Å². The van der Waals surface area contributed by atoms with Crippen molar-refractivity contribution in [2.75, 3.05) is 0 Å². The van der Waals surface area contributed by atoms with E-state index in [0.717, 1.165) is 12.2 Å². The molecule has 0 unspecified atom stereocenters. The summed E-state index contributed by atoms with van der Waals surface area (Å²) in [5.74, 6) is 0.880. The normalized spacial score (nSPS) is 14.0. The average Bonchev–Trinajstić information content (AvgIpc) is 2.05. The van der Waals surface area contributed by atoms with Gasteiger partial charge >= 0.3 is 0 Å². The summed E-state index contributed by atoms with van der Waals surface area (Å²) in [5, 5.41) is 3.69. The zero-order valence-electron chi connectivity index (χ0n) is 5.45. The van der Waals surface area contributed by atoms with Gasteiger partial charge in [0.25, 0.3) is 11.4 Å². The van der Waals surface area contributed by atoms with Crippen molar-refractivity contribution in [1.82, 2.24) is 5.16 Å². The van der Waals surface area contributed by atoms with Crippen molar-refractivity contribution in [2.45, 2.75) is 6.42 Å². The van der Waals surface area contributed by atoms with E-state index in [1.165, 1.54) is 5.56 Å². The summed E-state index contributed by atoms with van der Waals surface area (Å²) in [6.45, 7) is 0. The number of hydrogen-bond donors (Lipinski definition) is 0. The first-order valence-electron chi connectivity index (χ1n) is 3.23. The number of benzene rings is 1. The Morgan fingerprint density at radius 2 is 2.20 bits per heavy atom. The van der Waals surface area contributed by atoms with E-state index in [2.05, 4.69) is 5.16 Å². The smallest absolute Gasteiger partial charge is 0.172 e. The maximum Gasteiger partial charge on any atom is 0.292 e. The molecule has 2 rings (SSSR count). The molecule has 49 valence electrons. The predicted molar refractivity (Wildman–Crippen MR) is 39.0 cm³/mol. The van der Waals surface area contributed by atoms with Crippen LogP contribution in [0.2, 0.25) is 0 Å². The van der Waals surface area contributed by atoms with E-state index >= 15 is 0 Å². The molecular formula is C8H7NO+. The minimum atomic E-state index is 0.880. The number of oxime groups is 1. The summed E-state index contributed by atoms with van der Waals surface area (Å²) in [6.07, 6.45) is 2.65. The molecule has 0 fully saturated rings. The van der Waals surface area contributed by atoms with E-state index in [1.54, 1.807) is 6.21 Å². The molecular weight excluding hydrogens is 126 g/mol. The first kappa shape index (κ1) is 5.47. The quantitative estimate of drug-likeness (QED) is 0.516. The molecule has 2 heteroatoms. The molecule has 0 amide bonds. The topological polar surface area (TPSA) is 23.3 Å². The largest absolute Gasteiger partial charge is 0.292 e. The van der Waals surface area contributed by atoms with E-state index in [4.69, 9.17) is 4.84 Å². The standard InChI is InChI=1S/C8H7NO/c1-2-4-8-7(3-1)5-6-9-10-8/h1-4,6H,5H2/q+1. The Hall–Kier alpha value is -1.31. The Kier molecular flexibility index (Phi) is 1.17. The SMILES string of the molecule is C1=[N+]Oc2ccccc2C1. The van der Waals surface area contributed by atoms with E-state index in [0.29, 0.717) is 0 Å². The molecule has 1 aromatic rings. The van der Waals surface area contributed by atoms with Crippen molar-refractivity contribution in [3.05, 3.63) is 29.8 Å². The predicted octanol–water partition coefficient (Wildman–Crippen LogP) is 0.943. The minimum Gasteiger partial charge on any atom is -0.172 e. The van der Waals surface area contributed by atoms with E-state index in [-0.39, 0.29) is 0 Å². The van der Waals surface area contributed by atoms with Crippen molar-refractivity contribution >= 4 is 6.21 Å². The minimum absolute atomic E-state index is 0.880. The van der Waals surface area contributed by atoms with Gasteiger partial charge in [-0.05, 0) is 6.07 Å². The van der Waals surface area contributed by atoms with Crippen LogP contribution in [0.3, 0.4) is 0 Å². The summed E-state index contributed by atoms with van der Waals surface area (Å²) in [6, 6.07) is 7.91. The molecule has 1 aliphatic rings. The highest BCUT2D eigenvalue weighted by Crippen LogP contribution is 2.18. The zero-order valence-corrected chi connectivity index (χ0v) is 5.45. The molecule has 0 bridgehead atoms. The van der Waals surface area contributed by atoms with Gasteiger partial charge in [-0.3, -0.25) is 0 Å². The molecule has 1 radical (unpaired) electrons. The van der Waals surface area contributed by atoms with Gasteiger partial charge in [0.2, 0.25) is 5.75 Å². The molecule has 1 aromatic carbocycles. The summed E-state index contributed by atoms with van der Waals surface area (Å²) in [7, 11) is 0. The lowest BCUT2D eigenvalue weighted by atomic mass is 10.1. The van der Waals surface area contributed by atoms with Crippen LogP contribution in [-0.4, -0.2) is 6.21 Å². The van der Waals surface area contributed by atoms with Crippen molar-refractivity contribution < 1.29 is 4.84 Å². The van der Waals surface area contributed by atoms with Gasteiger partial charge in [0, 0.05) is 5.56 Å². The van der Waals surface area contributed by atoms with Gasteiger partial charge in [-0.2, -0.15) is 4.84 Å². The van der Waals surface area contributed by atoms with Crippen LogP contribution >= 0.6 is 0 Å². The molecule has 0 N–H and O–H groups in total. The molecule has 0 atom stereocenters. The highest BCUT2D eigenvalue weighted by molar-refractivity contribution is 5.63. The van der Waals surface area contributed by atoms with Crippen LogP contribution in [0.4, 0.5) is 0 Å². The van der Waals surface area contributed by atoms with Crippen molar-refractivity contribution in [2.24, 2.45) is 0 Å². The highest BCUT2D eigenvalue weighted by atomic mass is 16.6. The van der Waals surface area contributed by atoms with Crippen LogP contribution in [0.25, 0.3) is 0 Å². The summed E-state index contributed by atoms with van der Waals surface area (Å²) in [4.78, 5) is 4.99. The molecule has 0 saturated heterocycles. The van der Waals surface area contributed by atoms with Gasteiger partial charge in [-0.15, -0.1) is 0 Å². The number of fused-ring (bicyclic) bond motifs is 1. The molecule has 2 nitrogen and oxygen atoms in total. The van der Waals surface area contributed by atoms with Crippen LogP contribution < -0.4 is 9.99 Å². The molecule has 0 aliphatic carbocycles. The van der Waals surface area contributed by atoms with Gasteiger partial charge in [0.05, 0.1) is 6.42 Å². The monoisotopic (exact) mass is 133 g/mol. The van der Waals surface area contributed by atoms with E-state index in [1.807, 2.05) is 24.3 Å². The number of rotatable bonds is 0. The molecule has 0 spiro atoms. The van der Waals surface area contributed by atoms with Gasteiger partial charge in [0.15, 0.2) is 0 Å². The number of hydrogen-bond acceptors (Lipinski definition) is 2. The maximum absolute atomic E-state index is 4.99. The average molecular weight is 133 g/mol. The summed E-state index contributed by atoms with van der Waals surface area (Å²) in [5.41, 5.74) is 1.21. The number of nitrogens with zero attached hydrogens (tertiary/aromatic N) is 1. The van der Waals surface area contributed by atoms with Gasteiger partial charge in [0.1, 0.15) is 0 Å². The molecule has 0 saturated carbocycles. The second kappa shape index (κ2) is 2.14. The second-order valence-electron chi connectivity index (χ2n) is 2.19. The fraction of sp³-hybridized carbons (Fsp3) is 0.125. The van der Waals surface area contributed by atoms with Crippen LogP contribution in [0.1, 0.15) is 5.56 Å². The highest BCUT2D eigenvalue weighted by Gasteiger charge is 2.12. The van der Waals surface area contributed by atoms with E-state index in [9.17, 15) is 0 Å². The lowest BCUT2D eigenvalue weighted by Crippen LogP contribution is -2.08. The lowest BCUT2D eigenvalue weighted by Gasteiger charge is -1.98. The van der Waals surface area contributed by atoms with Gasteiger partial charge in [-0.25, -0.2) is 0 Å². The van der Waals surface area contributed by atoms with Gasteiger partial charge < -0.3 is 0 Å². The first-order valence-corrected chi connectivity index (χ1v) is 3.23. The van der Waals surface area contributed by atoms with Crippen LogP contribution in [0.15, 0.2) is 24.3 Å². The third-order valence-electron chi connectivity index (χ3n) is 1.51. The summed E-state index contributed by atoms with van der Waals surface area (Å²) < 4.78 is 0. The van der Waals surface area contributed by atoms with Crippen molar-refractivity contribution in [3.63, 3.8) is 0 Å². The Balaban J connectivity index is 2.47. The van der Waals surface area contributed by atoms with Gasteiger partial charge in [-0.1, -0.05) is 18.2 Å². The Morgan fingerprint density at radius 3 is 3.10 bits per heavy atom. The third kappa shape index (κ3) is 0.778. The second-order valence-corrected chi connectivity index (χ2v) is 2.19. The van der Waals surface area contributed by atoms with Crippen LogP contribution in [0, 0.1) is 0 Å². The fourth-order valence-corrected chi connectivity index (χ4v) is 0.991. The Morgan fingerprint density at radius 1 is 1.30 bits per heavy atom. The summed E-state index contributed by atoms with van der Waals surface area (Å²) >= 11 is 0.